The molecule has 1 heterocycles. The Morgan fingerprint density at radius 2 is 1.60 bits per heavy atom. The van der Waals surface area contributed by atoms with Crippen LogP contribution in [0, 0.1) is 17.8 Å². The molecule has 4 N–H and O–H groups in total. The van der Waals surface area contributed by atoms with Crippen molar-refractivity contribution >= 4 is 27.5 Å². The fraction of sp³-hybridized carbons (Fsp3) is 0.562. The fourth-order valence-electron chi connectivity index (χ4n) is 8.16. The highest BCUT2D eigenvalue weighted by Gasteiger charge is 2.54. The van der Waals surface area contributed by atoms with E-state index in [2.05, 4.69) is 44.8 Å². The zero-order valence-electron chi connectivity index (χ0n) is 23.3. The van der Waals surface area contributed by atoms with E-state index >= 15 is 0 Å². The molecule has 214 valence electrons. The minimum atomic E-state index is -0.148. The fourth-order valence-corrected chi connectivity index (χ4v) is 9.06. The van der Waals surface area contributed by atoms with Crippen molar-refractivity contribution in [3.05, 3.63) is 63.3 Å². The minimum Gasteiger partial charge on any atom is -0.506 e. The van der Waals surface area contributed by atoms with Crippen LogP contribution >= 0.6 is 11.3 Å². The number of amides is 1. The van der Waals surface area contributed by atoms with E-state index in [9.17, 15) is 14.7 Å². The quantitative estimate of drug-likeness (QED) is 0.231. The van der Waals surface area contributed by atoms with E-state index < -0.39 is 0 Å². The lowest BCUT2D eigenvalue weighted by Gasteiger charge is -2.60. The highest BCUT2D eigenvalue weighted by molar-refractivity contribution is 7.16. The first-order chi connectivity index (χ1) is 19.5. The summed E-state index contributed by atoms with van der Waals surface area (Å²) < 4.78 is 0.830. The van der Waals surface area contributed by atoms with Crippen LogP contribution in [0.2, 0.25) is 0 Å². The molecule has 4 fully saturated rings. The summed E-state index contributed by atoms with van der Waals surface area (Å²) in [4.78, 5) is 30.5. The number of fused-ring (bicyclic) bond motifs is 1. The summed E-state index contributed by atoms with van der Waals surface area (Å²) in [6.45, 7) is 3.88. The zero-order chi connectivity index (χ0) is 27.5. The van der Waals surface area contributed by atoms with Crippen molar-refractivity contribution in [1.82, 2.24) is 20.5 Å². The van der Waals surface area contributed by atoms with Crippen molar-refractivity contribution in [2.24, 2.45) is 17.8 Å². The van der Waals surface area contributed by atoms with Crippen LogP contribution in [0.4, 0.5) is 0 Å². The Morgan fingerprint density at radius 1 is 0.925 bits per heavy atom. The molecule has 4 aliphatic carbocycles. The number of aromatic nitrogens is 1. The third-order valence-corrected chi connectivity index (χ3v) is 10.5. The number of carbonyl (C=O) groups is 1. The van der Waals surface area contributed by atoms with Crippen molar-refractivity contribution < 1.29 is 9.90 Å². The SMILES string of the molecule is O=C(CCNCCc1ccccc1)N(CCNCCc1ccc(O)c2[nH]c(=O)sc12)C12CC3CC(CC(C3)C1)C2. The molecule has 8 heteroatoms. The molecule has 4 bridgehead atoms. The molecule has 7 nitrogen and oxygen atoms in total. The minimum absolute atomic E-state index is 0.0536. The highest BCUT2D eigenvalue weighted by atomic mass is 32.1. The monoisotopic (exact) mass is 562 g/mol. The van der Waals surface area contributed by atoms with E-state index in [4.69, 9.17) is 0 Å². The van der Waals surface area contributed by atoms with E-state index in [1.54, 1.807) is 6.07 Å². The van der Waals surface area contributed by atoms with Crippen LogP contribution in [0.25, 0.3) is 10.2 Å². The number of thiazole rings is 1. The first-order valence-electron chi connectivity index (χ1n) is 15.1. The Kier molecular flexibility index (Phi) is 8.28. The van der Waals surface area contributed by atoms with Gasteiger partial charge in [0.2, 0.25) is 5.91 Å². The van der Waals surface area contributed by atoms with E-state index in [1.165, 1.54) is 44.1 Å². The van der Waals surface area contributed by atoms with Gasteiger partial charge >= 0.3 is 4.87 Å². The molecule has 3 aromatic rings. The van der Waals surface area contributed by atoms with E-state index in [0.717, 1.165) is 84.9 Å². The van der Waals surface area contributed by atoms with Gasteiger partial charge in [0, 0.05) is 31.6 Å². The van der Waals surface area contributed by atoms with Crippen LogP contribution in [-0.4, -0.2) is 59.2 Å². The van der Waals surface area contributed by atoms with Crippen LogP contribution in [0.1, 0.15) is 56.1 Å². The Labute approximate surface area is 240 Å². The average Bonchev–Trinajstić information content (AvgIpc) is 3.33. The molecule has 0 aliphatic heterocycles. The van der Waals surface area contributed by atoms with Gasteiger partial charge in [-0.1, -0.05) is 47.7 Å². The van der Waals surface area contributed by atoms with Crippen molar-refractivity contribution in [2.45, 2.75) is 63.3 Å². The number of phenols is 1. The van der Waals surface area contributed by atoms with Crippen molar-refractivity contribution in [3.8, 4) is 5.75 Å². The van der Waals surface area contributed by atoms with Gasteiger partial charge in [0.25, 0.3) is 0 Å². The van der Waals surface area contributed by atoms with Crippen molar-refractivity contribution in [1.29, 1.82) is 0 Å². The van der Waals surface area contributed by atoms with E-state index in [1.807, 2.05) is 12.1 Å². The summed E-state index contributed by atoms with van der Waals surface area (Å²) >= 11 is 1.15. The molecule has 4 aliphatic rings. The van der Waals surface area contributed by atoms with Gasteiger partial charge in [-0.05, 0) is 99.4 Å². The van der Waals surface area contributed by atoms with Gasteiger partial charge in [0.1, 0.15) is 11.3 Å². The van der Waals surface area contributed by atoms with Gasteiger partial charge in [-0.3, -0.25) is 9.59 Å². The van der Waals surface area contributed by atoms with Crippen molar-refractivity contribution in [3.63, 3.8) is 0 Å². The normalized spacial score (nSPS) is 25.1. The second-order valence-corrected chi connectivity index (χ2v) is 13.4. The lowest BCUT2D eigenvalue weighted by molar-refractivity contribution is -0.150. The number of carbonyl (C=O) groups excluding carboxylic acids is 1. The number of hydrogen-bond acceptors (Lipinski definition) is 6. The summed E-state index contributed by atoms with van der Waals surface area (Å²) in [6, 6.07) is 14.1. The smallest absolute Gasteiger partial charge is 0.305 e. The Hall–Kier alpha value is -2.68. The number of aromatic amines is 1. The first-order valence-corrected chi connectivity index (χ1v) is 15.9. The molecular weight excluding hydrogens is 520 g/mol. The Bertz CT molecular complexity index is 1330. The largest absolute Gasteiger partial charge is 0.506 e. The lowest BCUT2D eigenvalue weighted by Crippen LogP contribution is -2.62. The molecule has 7 rings (SSSR count). The molecule has 0 spiro atoms. The maximum absolute atomic E-state index is 13.8. The van der Waals surface area contributed by atoms with Gasteiger partial charge in [0.15, 0.2) is 0 Å². The number of benzene rings is 2. The second kappa shape index (κ2) is 12.0. The third kappa shape index (κ3) is 5.99. The molecule has 0 atom stereocenters. The predicted octanol–water partition coefficient (Wildman–Crippen LogP) is 4.45. The molecule has 40 heavy (non-hydrogen) atoms. The Balaban J connectivity index is 1.04. The maximum Gasteiger partial charge on any atom is 0.305 e. The standard InChI is InChI=1S/C32H42N4O3S/c37-27-7-6-26(30-29(27)35-31(39)40-30)9-12-34-14-15-36(32-19-23-16-24(20-32)18-25(17-23)21-32)28(38)10-13-33-11-8-22-4-2-1-3-5-22/h1-7,23-25,33-34,37H,8-21H2,(H,35,39). The number of phenolic OH excluding ortho intramolecular Hbond substituents is 1. The molecule has 1 amide bonds. The van der Waals surface area contributed by atoms with Gasteiger partial charge in [0.05, 0.1) is 4.70 Å². The van der Waals surface area contributed by atoms with Crippen LogP contribution in [0.5, 0.6) is 5.75 Å². The molecule has 4 saturated carbocycles. The highest BCUT2D eigenvalue weighted by Crippen LogP contribution is 2.57. The zero-order valence-corrected chi connectivity index (χ0v) is 24.1. The molecule has 0 saturated heterocycles. The number of hydrogen-bond donors (Lipinski definition) is 4. The summed E-state index contributed by atoms with van der Waals surface area (Å²) in [5, 5.41) is 17.2. The second-order valence-electron chi connectivity index (χ2n) is 12.4. The van der Waals surface area contributed by atoms with Gasteiger partial charge in [-0.2, -0.15) is 0 Å². The maximum atomic E-state index is 13.8. The van der Waals surface area contributed by atoms with Gasteiger partial charge < -0.3 is 25.6 Å². The van der Waals surface area contributed by atoms with Crippen LogP contribution in [0.15, 0.2) is 47.3 Å². The molecule has 0 unspecified atom stereocenters. The summed E-state index contributed by atoms with van der Waals surface area (Å²) in [7, 11) is 0. The predicted molar refractivity (Wildman–Crippen MR) is 161 cm³/mol. The van der Waals surface area contributed by atoms with Crippen LogP contribution in [0.3, 0.4) is 0 Å². The molecule has 2 aromatic carbocycles. The third-order valence-electron chi connectivity index (χ3n) is 9.55. The van der Waals surface area contributed by atoms with E-state index in [0.29, 0.717) is 17.8 Å². The van der Waals surface area contributed by atoms with Crippen LogP contribution < -0.4 is 15.5 Å². The van der Waals surface area contributed by atoms with Crippen molar-refractivity contribution in [2.75, 3.05) is 32.7 Å². The topological polar surface area (TPSA) is 97.5 Å². The number of nitrogens with one attached hydrogen (secondary N) is 3. The number of rotatable bonds is 13. The number of nitrogens with zero attached hydrogens (tertiary/aromatic N) is 1. The molecule has 1 aromatic heterocycles. The molecular formula is C32H42N4O3S. The number of aromatic hydroxyl groups is 1. The van der Waals surface area contributed by atoms with E-state index in [-0.39, 0.29) is 16.2 Å². The summed E-state index contributed by atoms with van der Waals surface area (Å²) in [5.41, 5.74) is 2.96. The Morgan fingerprint density at radius 3 is 2.33 bits per heavy atom. The van der Waals surface area contributed by atoms with Gasteiger partial charge in [-0.15, -0.1) is 0 Å². The molecule has 0 radical (unpaired) electrons. The summed E-state index contributed by atoms with van der Waals surface area (Å²) in [5.74, 6) is 2.80. The van der Waals surface area contributed by atoms with Crippen LogP contribution in [-0.2, 0) is 17.6 Å². The van der Waals surface area contributed by atoms with Gasteiger partial charge in [-0.25, -0.2) is 0 Å². The lowest BCUT2D eigenvalue weighted by atomic mass is 9.52. The average molecular weight is 563 g/mol. The summed E-state index contributed by atoms with van der Waals surface area (Å²) in [6.07, 6.45) is 9.95. The number of H-pyrrole nitrogens is 1. The first kappa shape index (κ1) is 27.5.